The first kappa shape index (κ1) is 16.9. The molecule has 0 saturated carbocycles. The molecule has 1 aromatic carbocycles. The molecule has 0 aliphatic carbocycles. The summed E-state index contributed by atoms with van der Waals surface area (Å²) >= 11 is 0. The van der Waals surface area contributed by atoms with Gasteiger partial charge in [0.1, 0.15) is 12.4 Å². The Bertz CT molecular complexity index is 465. The smallest absolute Gasteiger partial charge is 0.279 e. The van der Waals surface area contributed by atoms with Crippen molar-refractivity contribution >= 4 is 10.2 Å². The summed E-state index contributed by atoms with van der Waals surface area (Å²) in [7, 11) is -0.0132. The Morgan fingerprint density at radius 3 is 2.55 bits per heavy atom. The molecule has 7 heteroatoms. The van der Waals surface area contributed by atoms with Crippen LogP contribution in [-0.4, -0.2) is 53.1 Å². The number of hydrogen-bond acceptors (Lipinski definition) is 4. The van der Waals surface area contributed by atoms with E-state index in [1.807, 2.05) is 37.4 Å². The van der Waals surface area contributed by atoms with Gasteiger partial charge in [-0.2, -0.15) is 17.4 Å². The van der Waals surface area contributed by atoms with Gasteiger partial charge in [-0.1, -0.05) is 18.2 Å². The molecule has 0 radical (unpaired) electrons. The van der Waals surface area contributed by atoms with E-state index in [1.54, 1.807) is 7.05 Å². The molecule has 0 aliphatic heterocycles. The summed E-state index contributed by atoms with van der Waals surface area (Å²) in [5, 5.41) is 2.98. The van der Waals surface area contributed by atoms with Gasteiger partial charge in [0, 0.05) is 20.1 Å². The molecule has 0 fully saturated rings. The highest BCUT2D eigenvalue weighted by Crippen LogP contribution is 2.07. The molecule has 0 heterocycles. The molecule has 0 bridgehead atoms. The van der Waals surface area contributed by atoms with E-state index < -0.39 is 10.2 Å². The van der Waals surface area contributed by atoms with Crippen LogP contribution in [0.2, 0.25) is 0 Å². The predicted molar refractivity (Wildman–Crippen MR) is 80.0 cm³/mol. The number of rotatable bonds is 10. The van der Waals surface area contributed by atoms with Crippen LogP contribution in [0.5, 0.6) is 5.75 Å². The van der Waals surface area contributed by atoms with E-state index in [9.17, 15) is 8.42 Å². The van der Waals surface area contributed by atoms with Crippen molar-refractivity contribution in [3.8, 4) is 5.75 Å². The molecule has 0 aromatic heterocycles. The quantitative estimate of drug-likeness (QED) is 0.615. The first-order valence-corrected chi connectivity index (χ1v) is 8.03. The fraction of sp³-hybridized carbons (Fsp3) is 0.538. The maximum atomic E-state index is 11.9. The average Bonchev–Trinajstić information content (AvgIpc) is 2.45. The standard InChI is InChI=1S/C13H23N3O3S/c1-14-9-6-11-16(2)20(17,18)15-10-12-19-13-7-4-3-5-8-13/h3-5,7-8,14-15H,6,9-12H2,1-2H3. The largest absolute Gasteiger partial charge is 0.492 e. The molecule has 0 aliphatic rings. The van der Waals surface area contributed by atoms with E-state index >= 15 is 0 Å². The molecular weight excluding hydrogens is 278 g/mol. The van der Waals surface area contributed by atoms with Crippen LogP contribution >= 0.6 is 0 Å². The summed E-state index contributed by atoms with van der Waals surface area (Å²) in [5.41, 5.74) is 0. The minimum atomic E-state index is -3.42. The molecule has 0 spiro atoms. The third-order valence-corrected chi connectivity index (χ3v) is 4.28. The Hall–Kier alpha value is -1.15. The number of para-hydroxylation sites is 1. The zero-order valence-electron chi connectivity index (χ0n) is 12.0. The third-order valence-electron chi connectivity index (χ3n) is 2.71. The summed E-state index contributed by atoms with van der Waals surface area (Å²) in [6.07, 6.45) is 0.772. The number of nitrogens with one attached hydrogen (secondary N) is 2. The maximum Gasteiger partial charge on any atom is 0.279 e. The lowest BCUT2D eigenvalue weighted by atomic mass is 10.3. The molecule has 0 atom stereocenters. The molecule has 2 N–H and O–H groups in total. The van der Waals surface area contributed by atoms with Gasteiger partial charge in [-0.05, 0) is 32.1 Å². The van der Waals surface area contributed by atoms with Crippen molar-refractivity contribution < 1.29 is 13.2 Å². The molecule has 1 aromatic rings. The van der Waals surface area contributed by atoms with Crippen molar-refractivity contribution in [3.05, 3.63) is 30.3 Å². The van der Waals surface area contributed by atoms with Crippen LogP contribution in [0.15, 0.2) is 30.3 Å². The lowest BCUT2D eigenvalue weighted by molar-refractivity contribution is 0.320. The minimum Gasteiger partial charge on any atom is -0.492 e. The Morgan fingerprint density at radius 1 is 1.20 bits per heavy atom. The maximum absolute atomic E-state index is 11.9. The minimum absolute atomic E-state index is 0.244. The van der Waals surface area contributed by atoms with E-state index in [1.165, 1.54) is 4.31 Å². The molecule has 114 valence electrons. The summed E-state index contributed by atoms with van der Waals surface area (Å²) in [4.78, 5) is 0. The molecule has 0 saturated heterocycles. The van der Waals surface area contributed by atoms with Gasteiger partial charge in [0.15, 0.2) is 0 Å². The first-order chi connectivity index (χ1) is 9.56. The number of nitrogens with zero attached hydrogens (tertiary/aromatic N) is 1. The van der Waals surface area contributed by atoms with Crippen LogP contribution in [0.25, 0.3) is 0 Å². The topological polar surface area (TPSA) is 70.7 Å². The fourth-order valence-corrected chi connectivity index (χ4v) is 2.50. The molecule has 0 amide bonds. The van der Waals surface area contributed by atoms with Gasteiger partial charge in [0.05, 0.1) is 0 Å². The van der Waals surface area contributed by atoms with Crippen molar-refractivity contribution in [2.75, 3.05) is 40.3 Å². The van der Waals surface area contributed by atoms with E-state index in [-0.39, 0.29) is 6.54 Å². The van der Waals surface area contributed by atoms with Crippen LogP contribution < -0.4 is 14.8 Å². The van der Waals surface area contributed by atoms with Crippen LogP contribution in [0, 0.1) is 0 Å². The van der Waals surface area contributed by atoms with E-state index in [0.717, 1.165) is 18.7 Å². The van der Waals surface area contributed by atoms with Crippen molar-refractivity contribution in [3.63, 3.8) is 0 Å². The second-order valence-corrected chi connectivity index (χ2v) is 6.20. The monoisotopic (exact) mass is 301 g/mol. The van der Waals surface area contributed by atoms with Crippen LogP contribution in [0.1, 0.15) is 6.42 Å². The molecule has 1 rings (SSSR count). The Kier molecular flexibility index (Phi) is 7.53. The Labute approximate surface area is 121 Å². The predicted octanol–water partition coefficient (Wildman–Crippen LogP) is 0.441. The van der Waals surface area contributed by atoms with Gasteiger partial charge in [-0.15, -0.1) is 0 Å². The van der Waals surface area contributed by atoms with Gasteiger partial charge >= 0.3 is 0 Å². The van der Waals surface area contributed by atoms with Crippen LogP contribution in [0.4, 0.5) is 0 Å². The fourth-order valence-electron chi connectivity index (χ4n) is 1.57. The van der Waals surface area contributed by atoms with Crippen molar-refractivity contribution in [2.24, 2.45) is 0 Å². The van der Waals surface area contributed by atoms with Gasteiger partial charge < -0.3 is 10.1 Å². The summed E-state index contributed by atoms with van der Waals surface area (Å²) in [5.74, 6) is 0.731. The van der Waals surface area contributed by atoms with Crippen molar-refractivity contribution in [1.29, 1.82) is 0 Å². The Balaban J connectivity index is 2.25. The van der Waals surface area contributed by atoms with E-state index in [2.05, 4.69) is 10.0 Å². The second kappa shape index (κ2) is 8.91. The van der Waals surface area contributed by atoms with Crippen molar-refractivity contribution in [1.82, 2.24) is 14.3 Å². The summed E-state index contributed by atoms with van der Waals surface area (Å²) in [6.45, 7) is 1.81. The molecule has 6 nitrogen and oxygen atoms in total. The van der Waals surface area contributed by atoms with Crippen molar-refractivity contribution in [2.45, 2.75) is 6.42 Å². The summed E-state index contributed by atoms with van der Waals surface area (Å²) in [6, 6.07) is 9.30. The highest BCUT2D eigenvalue weighted by molar-refractivity contribution is 7.87. The SMILES string of the molecule is CNCCCN(C)S(=O)(=O)NCCOc1ccccc1. The number of ether oxygens (including phenoxy) is 1. The van der Waals surface area contributed by atoms with E-state index in [0.29, 0.717) is 13.2 Å². The molecule has 0 unspecified atom stereocenters. The molecule has 20 heavy (non-hydrogen) atoms. The van der Waals surface area contributed by atoms with E-state index in [4.69, 9.17) is 4.74 Å². The normalized spacial score (nSPS) is 11.8. The van der Waals surface area contributed by atoms with Gasteiger partial charge in [0.2, 0.25) is 0 Å². The summed E-state index contributed by atoms with van der Waals surface area (Å²) < 4.78 is 33.0. The highest BCUT2D eigenvalue weighted by atomic mass is 32.2. The molecular formula is C13H23N3O3S. The third kappa shape index (κ3) is 6.33. The zero-order chi connectivity index (χ0) is 14.8. The van der Waals surface area contributed by atoms with Crippen LogP contribution in [0.3, 0.4) is 0 Å². The first-order valence-electron chi connectivity index (χ1n) is 6.59. The lowest BCUT2D eigenvalue weighted by Gasteiger charge is -2.17. The lowest BCUT2D eigenvalue weighted by Crippen LogP contribution is -2.40. The number of benzene rings is 1. The average molecular weight is 301 g/mol. The number of hydrogen-bond donors (Lipinski definition) is 2. The van der Waals surface area contributed by atoms with Crippen LogP contribution in [-0.2, 0) is 10.2 Å². The highest BCUT2D eigenvalue weighted by Gasteiger charge is 2.15. The Morgan fingerprint density at radius 2 is 1.90 bits per heavy atom. The van der Waals surface area contributed by atoms with Gasteiger partial charge in [-0.3, -0.25) is 0 Å². The zero-order valence-corrected chi connectivity index (χ0v) is 12.8. The van der Waals surface area contributed by atoms with Gasteiger partial charge in [0.25, 0.3) is 10.2 Å². The van der Waals surface area contributed by atoms with Gasteiger partial charge in [-0.25, -0.2) is 0 Å². The second-order valence-electron chi connectivity index (χ2n) is 4.34.